The van der Waals surface area contributed by atoms with Crippen molar-refractivity contribution in [3.05, 3.63) is 24.3 Å². The highest BCUT2D eigenvalue weighted by Crippen LogP contribution is 2.00. The average molecular weight is 178 g/mol. The van der Waals surface area contributed by atoms with Crippen molar-refractivity contribution in [3.8, 4) is 0 Å². The summed E-state index contributed by atoms with van der Waals surface area (Å²) in [6.45, 7) is 5.73. The zero-order valence-electron chi connectivity index (χ0n) is 7.96. The molecule has 0 aliphatic carbocycles. The van der Waals surface area contributed by atoms with Crippen LogP contribution in [0.4, 0.5) is 0 Å². The van der Waals surface area contributed by atoms with Crippen molar-refractivity contribution in [1.82, 2.24) is 15.3 Å². The van der Waals surface area contributed by atoms with Gasteiger partial charge in [0, 0.05) is 5.54 Å². The molecular formula is C9H12N3O. The molecule has 0 bridgehead atoms. The summed E-state index contributed by atoms with van der Waals surface area (Å²) in [4.78, 5) is 19.0. The Labute approximate surface area is 77.4 Å². The second-order valence-corrected chi connectivity index (χ2v) is 3.73. The molecule has 0 saturated heterocycles. The molecule has 0 unspecified atom stereocenters. The molecule has 1 N–H and O–H groups in total. The Morgan fingerprint density at radius 2 is 2.23 bits per heavy atom. The number of nitrogens with zero attached hydrogens (tertiary/aromatic N) is 2. The van der Waals surface area contributed by atoms with Gasteiger partial charge in [0.15, 0.2) is 0 Å². The van der Waals surface area contributed by atoms with Crippen LogP contribution in [0.2, 0.25) is 0 Å². The van der Waals surface area contributed by atoms with E-state index in [0.717, 1.165) is 0 Å². The Bertz CT molecular complexity index is 289. The van der Waals surface area contributed by atoms with Crippen LogP contribution in [0.5, 0.6) is 0 Å². The molecule has 0 aliphatic heterocycles. The lowest BCUT2D eigenvalue weighted by atomic mass is 10.1. The third kappa shape index (κ3) is 3.19. The van der Waals surface area contributed by atoms with E-state index < -0.39 is 0 Å². The molecule has 1 rings (SSSR count). The Hall–Kier alpha value is -1.45. The van der Waals surface area contributed by atoms with Gasteiger partial charge in [0.25, 0.3) is 5.91 Å². The maximum Gasteiger partial charge on any atom is 0.271 e. The lowest BCUT2D eigenvalue weighted by Gasteiger charge is -2.19. The third-order valence-corrected chi connectivity index (χ3v) is 1.24. The lowest BCUT2D eigenvalue weighted by molar-refractivity contribution is 0.0914. The third-order valence-electron chi connectivity index (χ3n) is 1.24. The van der Waals surface area contributed by atoms with Crippen LogP contribution in [0.25, 0.3) is 0 Å². The van der Waals surface area contributed by atoms with Crippen LogP contribution in [0.3, 0.4) is 0 Å². The molecule has 1 aromatic rings. The standard InChI is InChI=1S/C9H12N3O/c1-9(2,3)12-8(13)7-6-10-4-5-11-7/h5-6H,1-3H3,(H,12,13). The van der Waals surface area contributed by atoms with E-state index in [1.807, 2.05) is 20.8 Å². The minimum atomic E-state index is -0.252. The van der Waals surface area contributed by atoms with Gasteiger partial charge < -0.3 is 5.32 Å². The molecular weight excluding hydrogens is 166 g/mol. The predicted octanol–water partition coefficient (Wildman–Crippen LogP) is 0.805. The van der Waals surface area contributed by atoms with E-state index in [1.54, 1.807) is 0 Å². The predicted molar refractivity (Wildman–Crippen MR) is 48.1 cm³/mol. The summed E-state index contributed by atoms with van der Waals surface area (Å²) in [5.41, 5.74) is 0.0619. The summed E-state index contributed by atoms with van der Waals surface area (Å²) in [6, 6.07) is 0. The second kappa shape index (κ2) is 3.51. The number of nitrogens with one attached hydrogen (secondary N) is 1. The van der Waals surface area contributed by atoms with Crippen molar-refractivity contribution >= 4 is 5.91 Å². The van der Waals surface area contributed by atoms with Gasteiger partial charge in [0.2, 0.25) is 0 Å². The van der Waals surface area contributed by atoms with Crippen LogP contribution in [0.1, 0.15) is 31.3 Å². The molecule has 0 saturated carbocycles. The fraction of sp³-hybridized carbons (Fsp3) is 0.444. The number of carbonyl (C=O) groups is 1. The van der Waals surface area contributed by atoms with Gasteiger partial charge in [-0.3, -0.25) is 9.78 Å². The summed E-state index contributed by atoms with van der Waals surface area (Å²) in [5.74, 6) is -0.214. The van der Waals surface area contributed by atoms with Crippen molar-refractivity contribution in [2.75, 3.05) is 0 Å². The Kier molecular flexibility index (Phi) is 2.60. The van der Waals surface area contributed by atoms with E-state index in [2.05, 4.69) is 21.5 Å². The van der Waals surface area contributed by atoms with Gasteiger partial charge >= 0.3 is 0 Å². The zero-order valence-corrected chi connectivity index (χ0v) is 7.96. The van der Waals surface area contributed by atoms with E-state index in [9.17, 15) is 4.79 Å². The van der Waals surface area contributed by atoms with Gasteiger partial charge in [-0.2, -0.15) is 0 Å². The number of rotatable bonds is 1. The molecule has 13 heavy (non-hydrogen) atoms. The molecule has 0 spiro atoms. The molecule has 0 fully saturated rings. The van der Waals surface area contributed by atoms with Gasteiger partial charge in [0.05, 0.1) is 12.4 Å². The molecule has 0 atom stereocenters. The van der Waals surface area contributed by atoms with Crippen LogP contribution in [0.15, 0.2) is 12.4 Å². The van der Waals surface area contributed by atoms with Crippen LogP contribution in [0, 0.1) is 6.20 Å². The Morgan fingerprint density at radius 1 is 1.54 bits per heavy atom. The minimum absolute atomic E-state index is 0.214. The van der Waals surface area contributed by atoms with Crippen molar-refractivity contribution in [2.24, 2.45) is 0 Å². The summed E-state index contributed by atoms with van der Waals surface area (Å²) < 4.78 is 0. The van der Waals surface area contributed by atoms with Gasteiger partial charge in [0.1, 0.15) is 11.9 Å². The van der Waals surface area contributed by atoms with Gasteiger partial charge in [-0.25, -0.2) is 4.98 Å². The van der Waals surface area contributed by atoms with Crippen molar-refractivity contribution in [2.45, 2.75) is 26.3 Å². The number of hydrogen-bond donors (Lipinski definition) is 1. The van der Waals surface area contributed by atoms with Crippen LogP contribution in [-0.2, 0) is 0 Å². The Morgan fingerprint density at radius 3 is 2.69 bits per heavy atom. The number of carbonyl (C=O) groups excluding carboxylic acids is 1. The second-order valence-electron chi connectivity index (χ2n) is 3.73. The summed E-state index contributed by atoms with van der Waals surface area (Å²) >= 11 is 0. The maximum atomic E-state index is 11.4. The van der Waals surface area contributed by atoms with Crippen LogP contribution >= 0.6 is 0 Å². The van der Waals surface area contributed by atoms with E-state index in [4.69, 9.17) is 0 Å². The van der Waals surface area contributed by atoms with E-state index >= 15 is 0 Å². The van der Waals surface area contributed by atoms with Crippen molar-refractivity contribution in [3.63, 3.8) is 0 Å². The smallest absolute Gasteiger partial charge is 0.271 e. The quantitative estimate of drug-likeness (QED) is 0.692. The lowest BCUT2D eigenvalue weighted by Crippen LogP contribution is -2.40. The molecule has 4 heteroatoms. The topological polar surface area (TPSA) is 54.9 Å². The number of amides is 1. The molecule has 1 aromatic heterocycles. The van der Waals surface area contributed by atoms with Crippen LogP contribution in [-0.4, -0.2) is 21.4 Å². The van der Waals surface area contributed by atoms with Gasteiger partial charge in [-0.05, 0) is 20.8 Å². The largest absolute Gasteiger partial charge is 0.346 e. The molecule has 1 amide bonds. The average Bonchev–Trinajstić information content (AvgIpc) is 2.03. The Balaban J connectivity index is 2.71. The highest BCUT2D eigenvalue weighted by atomic mass is 16.2. The van der Waals surface area contributed by atoms with Gasteiger partial charge in [-0.1, -0.05) is 0 Å². The monoisotopic (exact) mass is 178 g/mol. The van der Waals surface area contributed by atoms with E-state index in [-0.39, 0.29) is 11.4 Å². The number of hydrogen-bond acceptors (Lipinski definition) is 3. The fourth-order valence-corrected chi connectivity index (χ4v) is 0.785. The van der Waals surface area contributed by atoms with Gasteiger partial charge in [-0.15, -0.1) is 0 Å². The molecule has 4 nitrogen and oxygen atoms in total. The molecule has 0 aromatic carbocycles. The van der Waals surface area contributed by atoms with Crippen molar-refractivity contribution < 1.29 is 4.79 Å². The first kappa shape index (κ1) is 9.64. The molecule has 1 radical (unpaired) electrons. The minimum Gasteiger partial charge on any atom is -0.346 e. The SMILES string of the molecule is CC(C)(C)NC(=O)c1cn[c]cn1. The normalized spacial score (nSPS) is 11.0. The molecule has 69 valence electrons. The van der Waals surface area contributed by atoms with Crippen LogP contribution < -0.4 is 5.32 Å². The maximum absolute atomic E-state index is 11.4. The highest BCUT2D eigenvalue weighted by molar-refractivity contribution is 5.92. The molecule has 1 heterocycles. The summed E-state index contributed by atoms with van der Waals surface area (Å²) in [5, 5.41) is 2.78. The summed E-state index contributed by atoms with van der Waals surface area (Å²) in [7, 11) is 0. The first-order valence-corrected chi connectivity index (χ1v) is 4.00. The number of aromatic nitrogens is 2. The first-order valence-electron chi connectivity index (χ1n) is 4.00. The van der Waals surface area contributed by atoms with E-state index in [0.29, 0.717) is 5.69 Å². The summed E-state index contributed by atoms with van der Waals surface area (Å²) in [6.07, 6.45) is 5.27. The first-order chi connectivity index (χ1) is 5.99. The fourth-order valence-electron chi connectivity index (χ4n) is 0.785. The zero-order chi connectivity index (χ0) is 9.90. The van der Waals surface area contributed by atoms with E-state index in [1.165, 1.54) is 12.4 Å². The highest BCUT2D eigenvalue weighted by Gasteiger charge is 2.15. The van der Waals surface area contributed by atoms with Crippen molar-refractivity contribution in [1.29, 1.82) is 0 Å². The molecule has 0 aliphatic rings.